The Morgan fingerprint density at radius 1 is 0.419 bits per heavy atom. The van der Waals surface area contributed by atoms with E-state index in [9.17, 15) is 52.7 Å². The van der Waals surface area contributed by atoms with E-state index >= 15 is 0 Å². The van der Waals surface area contributed by atoms with Gasteiger partial charge >= 0.3 is 32.4 Å². The summed E-state index contributed by atoms with van der Waals surface area (Å²) in [6.07, 6.45) is -20.8. The van der Waals surface area contributed by atoms with Crippen LogP contribution < -0.4 is 9.31 Å². The van der Waals surface area contributed by atoms with Crippen LogP contribution in [-0.4, -0.2) is 7.69 Å². The first-order chi connectivity index (χ1) is 13.9. The third-order valence-electron chi connectivity index (χ3n) is 3.57. The van der Waals surface area contributed by atoms with Crippen LogP contribution in [0.25, 0.3) is 0 Å². The highest BCUT2D eigenvalue weighted by Crippen LogP contribution is 2.39. The minimum Gasteiger partial charge on any atom is -0.528 e. The van der Waals surface area contributed by atoms with Gasteiger partial charge < -0.3 is 9.31 Å². The molecule has 0 unspecified atom stereocenters. The molecule has 0 atom stereocenters. The average molecular weight is 470 g/mol. The van der Waals surface area contributed by atoms with Gasteiger partial charge in [0.15, 0.2) is 0 Å². The SMILES string of the molecule is FC(F)(F)c1cc(OBOc2cc(C(F)(F)F)cc(C(F)(F)F)c2)cc(C(F)(F)F)c1. The third kappa shape index (κ3) is 6.62. The molecule has 2 aromatic rings. The van der Waals surface area contributed by atoms with E-state index in [1.165, 1.54) is 0 Å². The molecule has 0 saturated carbocycles. The average Bonchev–Trinajstić information content (AvgIpc) is 2.58. The second-order valence-corrected chi connectivity index (χ2v) is 5.89. The molecule has 0 radical (unpaired) electrons. The highest BCUT2D eigenvalue weighted by atomic mass is 19.4. The van der Waals surface area contributed by atoms with Gasteiger partial charge in [-0.2, -0.15) is 52.7 Å². The van der Waals surface area contributed by atoms with Crippen LogP contribution in [-0.2, 0) is 24.7 Å². The van der Waals surface area contributed by atoms with Gasteiger partial charge in [0, 0.05) is 0 Å². The van der Waals surface area contributed by atoms with E-state index in [0.717, 1.165) is 0 Å². The molecule has 0 N–H and O–H groups in total. The second kappa shape index (κ2) is 8.07. The van der Waals surface area contributed by atoms with Crippen LogP contribution in [0.1, 0.15) is 22.3 Å². The van der Waals surface area contributed by atoms with Crippen molar-refractivity contribution in [3.63, 3.8) is 0 Å². The van der Waals surface area contributed by atoms with Crippen LogP contribution in [0, 0.1) is 0 Å². The summed E-state index contributed by atoms with van der Waals surface area (Å²) < 4.78 is 162. The van der Waals surface area contributed by atoms with E-state index < -0.39 is 66.1 Å². The predicted octanol–water partition coefficient (Wildman–Crippen LogP) is 6.49. The van der Waals surface area contributed by atoms with Gasteiger partial charge in [-0.3, -0.25) is 0 Å². The Kier molecular flexibility index (Phi) is 6.39. The van der Waals surface area contributed by atoms with E-state index in [4.69, 9.17) is 0 Å². The number of halogens is 12. The number of rotatable bonds is 4. The molecule has 2 rings (SSSR count). The zero-order chi connectivity index (χ0) is 23.8. The van der Waals surface area contributed by atoms with Crippen LogP contribution in [0.15, 0.2) is 36.4 Å². The second-order valence-electron chi connectivity index (χ2n) is 5.89. The standard InChI is InChI=1S/C16H7BF12O2/c18-13(19,20)7-1-8(14(21,22)23)4-11(3-7)30-17-31-12-5-9(15(24,25)26)2-10(6-12)16(27,28)29/h1-6,17H. The fourth-order valence-corrected chi connectivity index (χ4v) is 2.18. The minimum absolute atomic E-state index is 0.159. The van der Waals surface area contributed by atoms with Crippen molar-refractivity contribution in [3.05, 3.63) is 58.7 Å². The summed E-state index contributed by atoms with van der Waals surface area (Å²) in [5.74, 6) is -2.05. The molecule has 2 aromatic carbocycles. The lowest BCUT2D eigenvalue weighted by molar-refractivity contribution is -0.144. The van der Waals surface area contributed by atoms with E-state index in [-0.39, 0.29) is 36.4 Å². The Bertz CT molecular complexity index is 788. The van der Waals surface area contributed by atoms with Gasteiger partial charge in [-0.1, -0.05) is 0 Å². The summed E-state index contributed by atoms with van der Waals surface area (Å²) in [6, 6.07) is 0.238. The number of alkyl halides is 12. The molecule has 0 aliphatic carbocycles. The lowest BCUT2D eigenvalue weighted by Crippen LogP contribution is -2.16. The Labute approximate surface area is 165 Å². The first-order valence-electron chi connectivity index (χ1n) is 7.72. The van der Waals surface area contributed by atoms with Crippen molar-refractivity contribution in [1.29, 1.82) is 0 Å². The topological polar surface area (TPSA) is 18.5 Å². The summed E-state index contributed by atoms with van der Waals surface area (Å²) in [5, 5.41) is 0. The van der Waals surface area contributed by atoms with Crippen LogP contribution in [0.5, 0.6) is 11.5 Å². The molecular weight excluding hydrogens is 463 g/mol. The maximum absolute atomic E-state index is 12.8. The highest BCUT2D eigenvalue weighted by molar-refractivity contribution is 6.20. The zero-order valence-electron chi connectivity index (χ0n) is 14.5. The lowest BCUT2D eigenvalue weighted by atomic mass is 10.1. The van der Waals surface area contributed by atoms with Gasteiger partial charge in [-0.05, 0) is 36.4 Å². The molecule has 0 aliphatic heterocycles. The lowest BCUT2D eigenvalue weighted by Gasteiger charge is -2.16. The van der Waals surface area contributed by atoms with Crippen molar-refractivity contribution in [3.8, 4) is 11.5 Å². The molecule has 0 amide bonds. The molecule has 31 heavy (non-hydrogen) atoms. The fraction of sp³-hybridized carbons (Fsp3) is 0.250. The van der Waals surface area contributed by atoms with Crippen LogP contribution >= 0.6 is 0 Å². The first-order valence-corrected chi connectivity index (χ1v) is 7.72. The third-order valence-corrected chi connectivity index (χ3v) is 3.57. The summed E-state index contributed by atoms with van der Waals surface area (Å²) in [6.45, 7) is 0. The molecule has 15 heteroatoms. The number of hydrogen-bond donors (Lipinski definition) is 0. The van der Waals surface area contributed by atoms with Crippen LogP contribution in [0.2, 0.25) is 0 Å². The summed E-state index contributed by atoms with van der Waals surface area (Å²) >= 11 is 0. The maximum atomic E-state index is 12.8. The molecule has 0 heterocycles. The van der Waals surface area contributed by atoms with Gasteiger partial charge in [0.1, 0.15) is 11.5 Å². The number of benzene rings is 2. The molecule has 0 aliphatic rings. The Morgan fingerprint density at radius 2 is 0.645 bits per heavy atom. The van der Waals surface area contributed by atoms with Crippen LogP contribution in [0.4, 0.5) is 52.7 Å². The molecular formula is C16H7BF12O2. The molecule has 170 valence electrons. The van der Waals surface area contributed by atoms with Crippen molar-refractivity contribution in [2.45, 2.75) is 24.7 Å². The van der Waals surface area contributed by atoms with Crippen molar-refractivity contribution in [2.24, 2.45) is 0 Å². The molecule has 0 saturated heterocycles. The fourth-order valence-electron chi connectivity index (χ4n) is 2.18. The van der Waals surface area contributed by atoms with Crippen molar-refractivity contribution >= 4 is 7.69 Å². The zero-order valence-corrected chi connectivity index (χ0v) is 14.5. The molecule has 0 bridgehead atoms. The molecule has 0 fully saturated rings. The van der Waals surface area contributed by atoms with Gasteiger partial charge in [-0.25, -0.2) is 0 Å². The minimum atomic E-state index is -5.19. The molecule has 0 spiro atoms. The van der Waals surface area contributed by atoms with Crippen molar-refractivity contribution < 1.29 is 62.0 Å². The number of hydrogen-bond acceptors (Lipinski definition) is 2. The normalized spacial score (nSPS) is 13.2. The van der Waals surface area contributed by atoms with Crippen molar-refractivity contribution in [2.75, 3.05) is 0 Å². The van der Waals surface area contributed by atoms with E-state index in [2.05, 4.69) is 9.31 Å². The quantitative estimate of drug-likeness (QED) is 0.376. The van der Waals surface area contributed by atoms with Gasteiger partial charge in [-0.15, -0.1) is 0 Å². The largest absolute Gasteiger partial charge is 0.576 e. The van der Waals surface area contributed by atoms with E-state index in [1.807, 2.05) is 0 Å². The maximum Gasteiger partial charge on any atom is 0.576 e. The highest BCUT2D eigenvalue weighted by Gasteiger charge is 2.38. The van der Waals surface area contributed by atoms with E-state index in [1.54, 1.807) is 0 Å². The van der Waals surface area contributed by atoms with Crippen LogP contribution in [0.3, 0.4) is 0 Å². The van der Waals surface area contributed by atoms with Gasteiger partial charge in [0.2, 0.25) is 0 Å². The summed E-state index contributed by atoms with van der Waals surface area (Å²) in [5.41, 5.74) is -6.96. The smallest absolute Gasteiger partial charge is 0.528 e. The Morgan fingerprint density at radius 3 is 0.839 bits per heavy atom. The first kappa shape index (κ1) is 24.5. The summed E-state index contributed by atoms with van der Waals surface area (Å²) in [4.78, 5) is 0. The predicted molar refractivity (Wildman–Crippen MR) is 81.3 cm³/mol. The Balaban J connectivity index is 2.29. The Hall–Kier alpha value is -2.74. The van der Waals surface area contributed by atoms with Gasteiger partial charge in [0.05, 0.1) is 22.3 Å². The van der Waals surface area contributed by atoms with E-state index in [0.29, 0.717) is 0 Å². The molecule has 2 nitrogen and oxygen atoms in total. The van der Waals surface area contributed by atoms with Gasteiger partial charge in [0.25, 0.3) is 0 Å². The van der Waals surface area contributed by atoms with Crippen molar-refractivity contribution in [1.82, 2.24) is 0 Å². The monoisotopic (exact) mass is 470 g/mol. The molecule has 0 aromatic heterocycles. The summed E-state index contributed by atoms with van der Waals surface area (Å²) in [7, 11) is -1.28.